The fraction of sp³-hybridized carbons (Fsp3) is 1.00. The minimum Gasteiger partial charge on any atom is -0.395 e. The van der Waals surface area contributed by atoms with Gasteiger partial charge in [-0.3, -0.25) is 4.90 Å². The molecule has 1 heterocycles. The van der Waals surface area contributed by atoms with Crippen LogP contribution >= 0.6 is 0 Å². The Hall–Kier alpha value is -0.120. The lowest BCUT2D eigenvalue weighted by molar-refractivity contribution is 0.156. The summed E-state index contributed by atoms with van der Waals surface area (Å²) >= 11 is 0. The zero-order chi connectivity index (χ0) is 13.7. The minimum absolute atomic E-state index is 0.342. The maximum absolute atomic E-state index is 9.29. The molecular weight excluding hydrogens is 236 g/mol. The summed E-state index contributed by atoms with van der Waals surface area (Å²) in [5, 5.41) is 13.0. The van der Waals surface area contributed by atoms with Crippen molar-refractivity contribution < 1.29 is 5.11 Å². The van der Waals surface area contributed by atoms with Crippen molar-refractivity contribution in [2.75, 3.05) is 26.2 Å². The van der Waals surface area contributed by atoms with Crippen LogP contribution in [0.5, 0.6) is 0 Å². The molecule has 0 spiro atoms. The van der Waals surface area contributed by atoms with Crippen LogP contribution in [0.25, 0.3) is 0 Å². The fourth-order valence-corrected chi connectivity index (χ4v) is 3.82. The van der Waals surface area contributed by atoms with E-state index in [0.717, 1.165) is 12.6 Å². The molecule has 0 aromatic carbocycles. The van der Waals surface area contributed by atoms with Gasteiger partial charge in [-0.25, -0.2) is 0 Å². The van der Waals surface area contributed by atoms with Crippen molar-refractivity contribution in [3.8, 4) is 0 Å². The molecule has 0 amide bonds. The molecule has 0 radical (unpaired) electrons. The van der Waals surface area contributed by atoms with E-state index in [-0.39, 0.29) is 0 Å². The molecule has 1 saturated heterocycles. The van der Waals surface area contributed by atoms with E-state index in [2.05, 4.69) is 24.1 Å². The van der Waals surface area contributed by atoms with E-state index >= 15 is 0 Å². The van der Waals surface area contributed by atoms with Gasteiger partial charge >= 0.3 is 0 Å². The van der Waals surface area contributed by atoms with Gasteiger partial charge in [0, 0.05) is 12.1 Å². The maximum Gasteiger partial charge on any atom is 0.0586 e. The van der Waals surface area contributed by atoms with E-state index in [4.69, 9.17) is 0 Å². The number of aliphatic hydroxyl groups is 1. The number of unbranched alkanes of at least 4 members (excludes halogenated alkanes) is 1. The Kier molecular flexibility index (Phi) is 5.67. The van der Waals surface area contributed by atoms with E-state index < -0.39 is 0 Å². The van der Waals surface area contributed by atoms with Crippen LogP contribution in [0, 0.1) is 5.41 Å². The van der Waals surface area contributed by atoms with Crippen molar-refractivity contribution in [3.05, 3.63) is 0 Å². The number of hydrogen-bond donors (Lipinski definition) is 2. The van der Waals surface area contributed by atoms with Crippen molar-refractivity contribution in [2.45, 2.75) is 70.9 Å². The molecule has 112 valence electrons. The van der Waals surface area contributed by atoms with E-state index in [1.165, 1.54) is 58.0 Å². The zero-order valence-electron chi connectivity index (χ0n) is 12.8. The largest absolute Gasteiger partial charge is 0.395 e. The van der Waals surface area contributed by atoms with Crippen molar-refractivity contribution in [2.24, 2.45) is 5.41 Å². The first-order chi connectivity index (χ1) is 9.13. The molecule has 0 unspecified atom stereocenters. The number of aliphatic hydroxyl groups excluding tert-OH is 1. The van der Waals surface area contributed by atoms with Crippen LogP contribution in [-0.4, -0.2) is 48.3 Å². The summed E-state index contributed by atoms with van der Waals surface area (Å²) in [5.41, 5.74) is 0.497. The summed E-state index contributed by atoms with van der Waals surface area (Å²) in [4.78, 5) is 2.47. The van der Waals surface area contributed by atoms with E-state index in [9.17, 15) is 5.11 Å². The monoisotopic (exact) mass is 268 g/mol. The molecule has 2 fully saturated rings. The molecule has 3 heteroatoms. The van der Waals surface area contributed by atoms with Crippen molar-refractivity contribution >= 4 is 0 Å². The Morgan fingerprint density at radius 1 is 1.21 bits per heavy atom. The van der Waals surface area contributed by atoms with Gasteiger partial charge in [-0.1, -0.05) is 20.3 Å². The molecule has 0 bridgehead atoms. The minimum atomic E-state index is 0.342. The summed E-state index contributed by atoms with van der Waals surface area (Å²) in [6, 6.07) is 1.17. The molecule has 0 aromatic rings. The molecule has 2 rings (SSSR count). The van der Waals surface area contributed by atoms with E-state index in [0.29, 0.717) is 18.1 Å². The summed E-state index contributed by atoms with van der Waals surface area (Å²) < 4.78 is 0. The second kappa shape index (κ2) is 7.05. The lowest BCUT2D eigenvalue weighted by atomic mass is 9.87. The van der Waals surface area contributed by atoms with Crippen LogP contribution in [0.2, 0.25) is 0 Å². The molecule has 2 N–H and O–H groups in total. The molecule has 1 aliphatic heterocycles. The highest BCUT2D eigenvalue weighted by Crippen LogP contribution is 2.37. The van der Waals surface area contributed by atoms with E-state index in [1.54, 1.807) is 0 Å². The third-order valence-electron chi connectivity index (χ3n) is 5.23. The summed E-state index contributed by atoms with van der Waals surface area (Å²) in [5.74, 6) is 0. The van der Waals surface area contributed by atoms with Gasteiger partial charge in [0.2, 0.25) is 0 Å². The summed E-state index contributed by atoms with van der Waals surface area (Å²) in [6.07, 6.45) is 9.08. The van der Waals surface area contributed by atoms with Gasteiger partial charge in [0.15, 0.2) is 0 Å². The molecule has 2 aliphatic rings. The summed E-state index contributed by atoms with van der Waals surface area (Å²) in [6.45, 7) is 8.65. The summed E-state index contributed by atoms with van der Waals surface area (Å²) in [7, 11) is 0. The first-order valence-corrected chi connectivity index (χ1v) is 8.22. The average Bonchev–Trinajstić information content (AvgIpc) is 2.95. The van der Waals surface area contributed by atoms with Gasteiger partial charge in [-0.05, 0) is 63.6 Å². The molecule has 1 aliphatic carbocycles. The number of nitrogens with one attached hydrogen (secondary N) is 1. The highest BCUT2D eigenvalue weighted by atomic mass is 16.3. The Bertz CT molecular complexity index is 267. The Morgan fingerprint density at radius 3 is 2.74 bits per heavy atom. The van der Waals surface area contributed by atoms with Crippen molar-refractivity contribution in [1.82, 2.24) is 10.2 Å². The van der Waals surface area contributed by atoms with Gasteiger partial charge in [0.25, 0.3) is 0 Å². The second-order valence-electron chi connectivity index (χ2n) is 7.11. The highest BCUT2D eigenvalue weighted by molar-refractivity contribution is 4.90. The molecule has 0 aromatic heterocycles. The molecule has 1 saturated carbocycles. The first kappa shape index (κ1) is 15.3. The first-order valence-electron chi connectivity index (χ1n) is 8.22. The molecular formula is C16H32N2O. The lowest BCUT2D eigenvalue weighted by Gasteiger charge is -2.28. The van der Waals surface area contributed by atoms with Crippen LogP contribution in [0.15, 0.2) is 0 Å². The third kappa shape index (κ3) is 4.17. The van der Waals surface area contributed by atoms with Crippen LogP contribution in [0.1, 0.15) is 58.8 Å². The smallest absolute Gasteiger partial charge is 0.0586 e. The topological polar surface area (TPSA) is 35.5 Å². The number of likely N-dealkylation sites (tertiary alicyclic amines) is 1. The number of hydrogen-bond acceptors (Lipinski definition) is 3. The van der Waals surface area contributed by atoms with Crippen LogP contribution in [0.3, 0.4) is 0 Å². The van der Waals surface area contributed by atoms with Crippen molar-refractivity contribution in [1.29, 1.82) is 0 Å². The predicted octanol–water partition coefficient (Wildman–Crippen LogP) is 2.39. The Morgan fingerprint density at radius 2 is 2.05 bits per heavy atom. The standard InChI is InChI=1S/C16H32N2O/c1-16(2)9-5-8-15(16)17-10-3-4-11-18-12-6-7-14(18)13-19/h14-15,17,19H,3-13H2,1-2H3/t14-,15-/m1/s1. The van der Waals surface area contributed by atoms with Crippen LogP contribution in [-0.2, 0) is 0 Å². The maximum atomic E-state index is 9.29. The van der Waals surface area contributed by atoms with Crippen LogP contribution in [0.4, 0.5) is 0 Å². The third-order valence-corrected chi connectivity index (χ3v) is 5.23. The fourth-order valence-electron chi connectivity index (χ4n) is 3.82. The normalized spacial score (nSPS) is 31.1. The molecule has 3 nitrogen and oxygen atoms in total. The second-order valence-corrected chi connectivity index (χ2v) is 7.11. The molecule has 19 heavy (non-hydrogen) atoms. The van der Waals surface area contributed by atoms with Gasteiger partial charge in [0.1, 0.15) is 0 Å². The van der Waals surface area contributed by atoms with Crippen LogP contribution < -0.4 is 5.32 Å². The van der Waals surface area contributed by atoms with Gasteiger partial charge in [-0.15, -0.1) is 0 Å². The van der Waals surface area contributed by atoms with Crippen molar-refractivity contribution in [3.63, 3.8) is 0 Å². The Balaban J connectivity index is 1.55. The number of rotatable bonds is 7. The van der Waals surface area contributed by atoms with E-state index in [1.807, 2.05) is 0 Å². The predicted molar refractivity (Wildman–Crippen MR) is 80.3 cm³/mol. The quantitative estimate of drug-likeness (QED) is 0.696. The number of nitrogens with zero attached hydrogens (tertiary/aromatic N) is 1. The highest BCUT2D eigenvalue weighted by Gasteiger charge is 2.33. The van der Waals surface area contributed by atoms with Gasteiger partial charge in [-0.2, -0.15) is 0 Å². The Labute approximate surface area is 118 Å². The zero-order valence-corrected chi connectivity index (χ0v) is 12.8. The van der Waals surface area contributed by atoms with Gasteiger partial charge in [0.05, 0.1) is 6.61 Å². The van der Waals surface area contributed by atoms with Gasteiger partial charge < -0.3 is 10.4 Å². The lowest BCUT2D eigenvalue weighted by Crippen LogP contribution is -2.38. The molecule has 2 atom stereocenters. The SMILES string of the molecule is CC1(C)CCC[C@H]1NCCCCN1CCC[C@@H]1CO. The average molecular weight is 268 g/mol.